The highest BCUT2D eigenvalue weighted by atomic mass is 19.1. The first-order valence-electron chi connectivity index (χ1n) is 5.97. The van der Waals surface area contributed by atoms with Crippen LogP contribution in [0.4, 0.5) is 18.0 Å². The molecular formula is C14H16F3NO2. The molecule has 0 aliphatic heterocycles. The highest BCUT2D eigenvalue weighted by molar-refractivity contribution is 5.68. The lowest BCUT2D eigenvalue weighted by molar-refractivity contribution is 0.0534. The zero-order valence-corrected chi connectivity index (χ0v) is 11.5. The van der Waals surface area contributed by atoms with Crippen LogP contribution in [0, 0.1) is 17.5 Å². The maximum atomic E-state index is 13.3. The van der Waals surface area contributed by atoms with Crippen LogP contribution in [-0.4, -0.2) is 18.2 Å². The molecule has 0 aliphatic carbocycles. The fourth-order valence-corrected chi connectivity index (χ4v) is 1.35. The van der Waals surface area contributed by atoms with E-state index in [1.807, 2.05) is 0 Å². The molecule has 110 valence electrons. The van der Waals surface area contributed by atoms with Crippen molar-refractivity contribution in [2.24, 2.45) is 0 Å². The summed E-state index contributed by atoms with van der Waals surface area (Å²) >= 11 is 0. The van der Waals surface area contributed by atoms with Crippen LogP contribution < -0.4 is 5.32 Å². The van der Waals surface area contributed by atoms with Crippen molar-refractivity contribution in [3.63, 3.8) is 0 Å². The van der Waals surface area contributed by atoms with Gasteiger partial charge in [-0.1, -0.05) is 12.2 Å². The van der Waals surface area contributed by atoms with Crippen LogP contribution in [-0.2, 0) is 4.74 Å². The Balaban J connectivity index is 2.56. The summed E-state index contributed by atoms with van der Waals surface area (Å²) in [6, 6.07) is 1.17. The summed E-state index contributed by atoms with van der Waals surface area (Å²) in [5, 5.41) is 2.39. The van der Waals surface area contributed by atoms with E-state index in [1.165, 1.54) is 6.08 Å². The number of alkyl carbamates (subject to hydrolysis) is 1. The molecule has 0 fully saturated rings. The standard InChI is InChI=1S/C14H16F3NO2/c1-14(2,3)20-13(19)18-6-4-5-10-11(16)7-9(15)8-12(10)17/h4-5,7-8H,6H2,1-3H3,(H,18,19). The highest BCUT2D eigenvalue weighted by Crippen LogP contribution is 2.16. The molecule has 1 rings (SSSR count). The molecule has 6 heteroatoms. The first kappa shape index (κ1) is 16.1. The van der Waals surface area contributed by atoms with Gasteiger partial charge in [-0.25, -0.2) is 18.0 Å². The van der Waals surface area contributed by atoms with E-state index >= 15 is 0 Å². The average molecular weight is 287 g/mol. The minimum Gasteiger partial charge on any atom is -0.444 e. The smallest absolute Gasteiger partial charge is 0.407 e. The molecule has 0 spiro atoms. The lowest BCUT2D eigenvalue weighted by Crippen LogP contribution is -2.32. The molecule has 0 radical (unpaired) electrons. The highest BCUT2D eigenvalue weighted by Gasteiger charge is 2.15. The molecule has 0 unspecified atom stereocenters. The molecule has 1 N–H and O–H groups in total. The van der Waals surface area contributed by atoms with Crippen molar-refractivity contribution in [2.45, 2.75) is 26.4 Å². The number of carbonyl (C=O) groups excluding carboxylic acids is 1. The molecule has 0 atom stereocenters. The van der Waals surface area contributed by atoms with Gasteiger partial charge in [-0.15, -0.1) is 0 Å². The number of nitrogens with one attached hydrogen (secondary N) is 1. The predicted molar refractivity (Wildman–Crippen MR) is 69.6 cm³/mol. The van der Waals surface area contributed by atoms with E-state index < -0.39 is 29.1 Å². The fraction of sp³-hybridized carbons (Fsp3) is 0.357. The Morgan fingerprint density at radius 1 is 1.25 bits per heavy atom. The monoisotopic (exact) mass is 287 g/mol. The Labute approximate surface area is 115 Å². The maximum Gasteiger partial charge on any atom is 0.407 e. The van der Waals surface area contributed by atoms with Gasteiger partial charge in [0.05, 0.1) is 0 Å². The number of rotatable bonds is 3. The third-order valence-corrected chi connectivity index (χ3v) is 2.09. The van der Waals surface area contributed by atoms with E-state index in [4.69, 9.17) is 4.74 Å². The number of halogens is 3. The second-order valence-corrected chi connectivity index (χ2v) is 5.07. The van der Waals surface area contributed by atoms with Crippen molar-refractivity contribution in [1.82, 2.24) is 5.32 Å². The van der Waals surface area contributed by atoms with Crippen LogP contribution >= 0.6 is 0 Å². The molecule has 0 saturated heterocycles. The Morgan fingerprint density at radius 2 is 1.80 bits per heavy atom. The van der Waals surface area contributed by atoms with Crippen LogP contribution in [0.15, 0.2) is 18.2 Å². The van der Waals surface area contributed by atoms with E-state index in [2.05, 4.69) is 5.32 Å². The summed E-state index contributed by atoms with van der Waals surface area (Å²) in [6.07, 6.45) is 1.83. The number of carbonyl (C=O) groups is 1. The van der Waals surface area contributed by atoms with Crippen molar-refractivity contribution >= 4 is 12.2 Å². The van der Waals surface area contributed by atoms with E-state index in [1.54, 1.807) is 20.8 Å². The third-order valence-electron chi connectivity index (χ3n) is 2.09. The van der Waals surface area contributed by atoms with Crippen LogP contribution in [0.25, 0.3) is 6.08 Å². The Morgan fingerprint density at radius 3 is 2.30 bits per heavy atom. The van der Waals surface area contributed by atoms with Gasteiger partial charge in [0.25, 0.3) is 0 Å². The molecule has 0 bridgehead atoms. The van der Waals surface area contributed by atoms with Crippen LogP contribution in [0.3, 0.4) is 0 Å². The number of hydrogen-bond acceptors (Lipinski definition) is 2. The number of amides is 1. The van der Waals surface area contributed by atoms with Crippen LogP contribution in [0.2, 0.25) is 0 Å². The van der Waals surface area contributed by atoms with Gasteiger partial charge < -0.3 is 10.1 Å². The van der Waals surface area contributed by atoms with Crippen molar-refractivity contribution in [3.05, 3.63) is 41.2 Å². The summed E-state index contributed by atoms with van der Waals surface area (Å²) in [5.74, 6) is -2.99. The van der Waals surface area contributed by atoms with E-state index in [0.717, 1.165) is 6.08 Å². The van der Waals surface area contributed by atoms with Gasteiger partial charge in [0.15, 0.2) is 0 Å². The predicted octanol–water partition coefficient (Wildman–Crippen LogP) is 3.64. The van der Waals surface area contributed by atoms with Gasteiger partial charge in [0.2, 0.25) is 0 Å². The molecule has 1 aromatic carbocycles. The van der Waals surface area contributed by atoms with Gasteiger partial charge in [0, 0.05) is 24.2 Å². The van der Waals surface area contributed by atoms with Gasteiger partial charge in [-0.3, -0.25) is 0 Å². The van der Waals surface area contributed by atoms with Crippen molar-refractivity contribution in [3.8, 4) is 0 Å². The van der Waals surface area contributed by atoms with E-state index in [-0.39, 0.29) is 12.1 Å². The van der Waals surface area contributed by atoms with E-state index in [0.29, 0.717) is 12.1 Å². The number of benzene rings is 1. The largest absolute Gasteiger partial charge is 0.444 e. The van der Waals surface area contributed by atoms with E-state index in [9.17, 15) is 18.0 Å². The lowest BCUT2D eigenvalue weighted by Gasteiger charge is -2.19. The molecule has 0 saturated carbocycles. The number of ether oxygens (including phenoxy) is 1. The average Bonchev–Trinajstić information content (AvgIpc) is 2.23. The summed E-state index contributed by atoms with van der Waals surface area (Å²) in [4.78, 5) is 11.3. The Hall–Kier alpha value is -1.98. The lowest BCUT2D eigenvalue weighted by atomic mass is 10.2. The SMILES string of the molecule is CC(C)(C)OC(=O)NCC=Cc1c(F)cc(F)cc1F. The minimum absolute atomic E-state index is 0.0329. The van der Waals surface area contributed by atoms with Crippen molar-refractivity contribution in [2.75, 3.05) is 6.54 Å². The summed E-state index contributed by atoms with van der Waals surface area (Å²) in [5.41, 5.74) is -0.986. The second-order valence-electron chi connectivity index (χ2n) is 5.07. The minimum atomic E-state index is -1.00. The summed E-state index contributed by atoms with van der Waals surface area (Å²) in [6.45, 7) is 5.17. The van der Waals surface area contributed by atoms with Gasteiger partial charge >= 0.3 is 6.09 Å². The summed E-state index contributed by atoms with van der Waals surface area (Å²) < 4.78 is 44.2. The molecule has 0 aromatic heterocycles. The molecule has 1 amide bonds. The van der Waals surface area contributed by atoms with Gasteiger partial charge in [-0.05, 0) is 20.8 Å². The Kier molecular flexibility index (Phi) is 5.19. The molecule has 1 aromatic rings. The summed E-state index contributed by atoms with van der Waals surface area (Å²) in [7, 11) is 0. The molecule has 20 heavy (non-hydrogen) atoms. The molecular weight excluding hydrogens is 271 g/mol. The van der Waals surface area contributed by atoms with Crippen molar-refractivity contribution in [1.29, 1.82) is 0 Å². The normalized spacial score (nSPS) is 11.7. The first-order chi connectivity index (χ1) is 9.19. The van der Waals surface area contributed by atoms with Crippen LogP contribution in [0.5, 0.6) is 0 Å². The topological polar surface area (TPSA) is 38.3 Å². The molecule has 0 heterocycles. The molecule has 3 nitrogen and oxygen atoms in total. The van der Waals surface area contributed by atoms with Gasteiger partial charge in [-0.2, -0.15) is 0 Å². The fourth-order valence-electron chi connectivity index (χ4n) is 1.35. The Bertz CT molecular complexity index is 499. The third kappa shape index (κ3) is 5.34. The van der Waals surface area contributed by atoms with Crippen LogP contribution in [0.1, 0.15) is 26.3 Å². The van der Waals surface area contributed by atoms with Crippen molar-refractivity contribution < 1.29 is 22.7 Å². The second kappa shape index (κ2) is 6.45. The van der Waals surface area contributed by atoms with Gasteiger partial charge in [0.1, 0.15) is 23.1 Å². The zero-order valence-electron chi connectivity index (χ0n) is 11.5. The first-order valence-corrected chi connectivity index (χ1v) is 5.97. The maximum absolute atomic E-state index is 13.3. The number of hydrogen-bond donors (Lipinski definition) is 1. The molecule has 0 aliphatic rings. The zero-order chi connectivity index (χ0) is 15.3. The quantitative estimate of drug-likeness (QED) is 0.921.